The number of fused-ring (bicyclic) bond motifs is 1. The minimum atomic E-state index is -0.313. The fourth-order valence-electron chi connectivity index (χ4n) is 3.54. The Morgan fingerprint density at radius 1 is 1.20 bits per heavy atom. The number of carbonyl (C=O) groups excluding carboxylic acids is 1. The van der Waals surface area contributed by atoms with Gasteiger partial charge in [-0.05, 0) is 26.0 Å². The van der Waals surface area contributed by atoms with Gasteiger partial charge in [-0.2, -0.15) is 0 Å². The van der Waals surface area contributed by atoms with Gasteiger partial charge in [0.25, 0.3) is 5.89 Å². The molecule has 0 radical (unpaired) electrons. The Morgan fingerprint density at radius 3 is 2.77 bits per heavy atom. The fourth-order valence-corrected chi connectivity index (χ4v) is 3.54. The number of hydrogen-bond acceptors (Lipinski definition) is 7. The van der Waals surface area contributed by atoms with Gasteiger partial charge in [-0.3, -0.25) is 9.69 Å². The van der Waals surface area contributed by atoms with Crippen LogP contribution in [0.25, 0.3) is 0 Å². The molecule has 1 aliphatic rings. The molecule has 0 atom stereocenters. The van der Waals surface area contributed by atoms with Gasteiger partial charge in [0.05, 0.1) is 17.9 Å². The Morgan fingerprint density at radius 2 is 2.00 bits per heavy atom. The number of aromatic nitrogens is 2. The van der Waals surface area contributed by atoms with Crippen LogP contribution >= 0.6 is 0 Å². The molecule has 3 aromatic rings. The normalized spacial score (nSPS) is 14.2. The van der Waals surface area contributed by atoms with Crippen molar-refractivity contribution in [2.24, 2.45) is 0 Å². The predicted octanol–water partition coefficient (Wildman–Crippen LogP) is 2.69. The summed E-state index contributed by atoms with van der Waals surface area (Å²) in [4.78, 5) is 19.1. The monoisotopic (exact) mass is 410 g/mol. The van der Waals surface area contributed by atoms with E-state index in [1.54, 1.807) is 0 Å². The van der Waals surface area contributed by atoms with Crippen molar-refractivity contribution in [3.63, 3.8) is 0 Å². The zero-order chi connectivity index (χ0) is 20.9. The lowest BCUT2D eigenvalue weighted by Gasteiger charge is -2.19. The van der Waals surface area contributed by atoms with Crippen LogP contribution in [0.3, 0.4) is 0 Å². The van der Waals surface area contributed by atoms with E-state index in [-0.39, 0.29) is 11.8 Å². The Labute approximate surface area is 175 Å². The van der Waals surface area contributed by atoms with E-state index in [2.05, 4.69) is 20.4 Å². The van der Waals surface area contributed by atoms with Gasteiger partial charge in [0.15, 0.2) is 0 Å². The van der Waals surface area contributed by atoms with Crippen molar-refractivity contribution in [3.8, 4) is 5.75 Å². The lowest BCUT2D eigenvalue weighted by molar-refractivity contribution is 0.0910. The maximum absolute atomic E-state index is 12.4. The van der Waals surface area contributed by atoms with Crippen LogP contribution < -0.4 is 10.1 Å². The molecule has 1 N–H and O–H groups in total. The molecule has 0 aliphatic carbocycles. The summed E-state index contributed by atoms with van der Waals surface area (Å²) < 4.78 is 16.6. The number of nitrogens with one attached hydrogen (secondary N) is 1. The fraction of sp³-hybridized carbons (Fsp3) is 0.409. The van der Waals surface area contributed by atoms with Crippen LogP contribution in [0.1, 0.15) is 39.2 Å². The summed E-state index contributed by atoms with van der Waals surface area (Å²) in [5, 5.41) is 6.82. The first-order valence-electron chi connectivity index (χ1n) is 10.2. The van der Waals surface area contributed by atoms with Crippen molar-refractivity contribution in [2.75, 3.05) is 26.2 Å². The molecule has 0 spiro atoms. The number of ether oxygens (including phenoxy) is 1. The van der Waals surface area contributed by atoms with E-state index in [0.717, 1.165) is 66.7 Å². The standard InChI is InChI=1S/C22H26N4O4/c1-15-18(16(2)30-25-15)14-26-11-8-19-20(9-12-26)29-22(24-19)21(27)23-10-13-28-17-6-4-3-5-7-17/h3-7H,8-14H2,1-2H3,(H,23,27). The molecule has 158 valence electrons. The third kappa shape index (κ3) is 4.71. The third-order valence-corrected chi connectivity index (χ3v) is 5.25. The van der Waals surface area contributed by atoms with Gasteiger partial charge >= 0.3 is 5.91 Å². The molecule has 3 heterocycles. The SMILES string of the molecule is Cc1noc(C)c1CN1CCc2nc(C(=O)NCCOc3ccccc3)oc2CC1. The molecule has 0 fully saturated rings. The molecule has 8 heteroatoms. The number of oxazole rings is 1. The second-order valence-corrected chi connectivity index (χ2v) is 7.39. The summed E-state index contributed by atoms with van der Waals surface area (Å²) in [5.74, 6) is 2.24. The van der Waals surface area contributed by atoms with Crippen LogP contribution in [0.2, 0.25) is 0 Å². The van der Waals surface area contributed by atoms with E-state index in [0.29, 0.717) is 13.2 Å². The molecule has 1 amide bonds. The van der Waals surface area contributed by atoms with Gasteiger partial charge in [0.2, 0.25) is 0 Å². The van der Waals surface area contributed by atoms with Gasteiger partial charge in [0, 0.05) is 38.0 Å². The Balaban J connectivity index is 1.27. The molecular formula is C22H26N4O4. The lowest BCUT2D eigenvalue weighted by atomic mass is 10.2. The van der Waals surface area contributed by atoms with Gasteiger partial charge in [0.1, 0.15) is 23.9 Å². The summed E-state index contributed by atoms with van der Waals surface area (Å²) in [6.45, 7) is 7.13. The number of carbonyl (C=O) groups is 1. The number of benzene rings is 1. The lowest BCUT2D eigenvalue weighted by Crippen LogP contribution is -2.28. The van der Waals surface area contributed by atoms with Gasteiger partial charge in [-0.1, -0.05) is 23.4 Å². The number of para-hydroxylation sites is 1. The highest BCUT2D eigenvalue weighted by Crippen LogP contribution is 2.20. The highest BCUT2D eigenvalue weighted by Gasteiger charge is 2.23. The van der Waals surface area contributed by atoms with Crippen molar-refractivity contribution < 1.29 is 18.5 Å². The van der Waals surface area contributed by atoms with Gasteiger partial charge in [-0.15, -0.1) is 0 Å². The van der Waals surface area contributed by atoms with Crippen LogP contribution in [0, 0.1) is 13.8 Å². The van der Waals surface area contributed by atoms with E-state index in [9.17, 15) is 4.79 Å². The minimum absolute atomic E-state index is 0.124. The van der Waals surface area contributed by atoms with Crippen molar-refractivity contribution in [3.05, 3.63) is 64.7 Å². The molecular weight excluding hydrogens is 384 g/mol. The first-order chi connectivity index (χ1) is 14.6. The number of aryl methyl sites for hydroxylation is 2. The summed E-state index contributed by atoms with van der Waals surface area (Å²) in [6, 6.07) is 9.49. The highest BCUT2D eigenvalue weighted by atomic mass is 16.5. The topological polar surface area (TPSA) is 93.6 Å². The quantitative estimate of drug-likeness (QED) is 0.599. The van der Waals surface area contributed by atoms with Crippen LogP contribution in [-0.2, 0) is 19.4 Å². The van der Waals surface area contributed by atoms with E-state index in [1.807, 2.05) is 44.2 Å². The first-order valence-corrected chi connectivity index (χ1v) is 10.2. The Hall–Kier alpha value is -3.13. The van der Waals surface area contributed by atoms with E-state index in [4.69, 9.17) is 13.7 Å². The highest BCUT2D eigenvalue weighted by molar-refractivity contribution is 5.89. The van der Waals surface area contributed by atoms with Crippen molar-refractivity contribution in [2.45, 2.75) is 33.2 Å². The minimum Gasteiger partial charge on any atom is -0.492 e. The average Bonchev–Trinajstić information content (AvgIpc) is 3.25. The van der Waals surface area contributed by atoms with Crippen LogP contribution in [0.15, 0.2) is 39.3 Å². The van der Waals surface area contributed by atoms with Crippen molar-refractivity contribution >= 4 is 5.91 Å². The molecule has 0 bridgehead atoms. The molecule has 30 heavy (non-hydrogen) atoms. The Bertz CT molecular complexity index is 951. The second kappa shape index (κ2) is 9.13. The molecule has 0 unspecified atom stereocenters. The van der Waals surface area contributed by atoms with Crippen LogP contribution in [-0.4, -0.2) is 47.2 Å². The third-order valence-electron chi connectivity index (χ3n) is 5.25. The van der Waals surface area contributed by atoms with Gasteiger partial charge < -0.3 is 19.0 Å². The summed E-state index contributed by atoms with van der Waals surface area (Å²) in [6.07, 6.45) is 1.46. The molecule has 1 aliphatic heterocycles. The smallest absolute Gasteiger partial charge is 0.307 e. The molecule has 1 aromatic carbocycles. The van der Waals surface area contributed by atoms with Crippen molar-refractivity contribution in [1.82, 2.24) is 20.4 Å². The second-order valence-electron chi connectivity index (χ2n) is 7.39. The van der Waals surface area contributed by atoms with E-state index >= 15 is 0 Å². The van der Waals surface area contributed by atoms with Crippen molar-refractivity contribution in [1.29, 1.82) is 0 Å². The molecule has 8 nitrogen and oxygen atoms in total. The maximum Gasteiger partial charge on any atom is 0.307 e. The largest absolute Gasteiger partial charge is 0.492 e. The molecule has 0 saturated carbocycles. The number of nitrogens with zero attached hydrogens (tertiary/aromatic N) is 3. The maximum atomic E-state index is 12.4. The predicted molar refractivity (Wildman–Crippen MR) is 109 cm³/mol. The zero-order valence-electron chi connectivity index (χ0n) is 17.3. The summed E-state index contributed by atoms with van der Waals surface area (Å²) >= 11 is 0. The molecule has 4 rings (SSSR count). The number of rotatable bonds is 7. The summed E-state index contributed by atoms with van der Waals surface area (Å²) in [7, 11) is 0. The average molecular weight is 410 g/mol. The van der Waals surface area contributed by atoms with Crippen LogP contribution in [0.5, 0.6) is 5.75 Å². The Kier molecular flexibility index (Phi) is 6.13. The first kappa shape index (κ1) is 20.2. The molecule has 2 aromatic heterocycles. The zero-order valence-corrected chi connectivity index (χ0v) is 17.3. The van der Waals surface area contributed by atoms with E-state index < -0.39 is 0 Å². The van der Waals surface area contributed by atoms with Crippen LogP contribution in [0.4, 0.5) is 0 Å². The summed E-state index contributed by atoms with van der Waals surface area (Å²) in [5.41, 5.74) is 2.93. The van der Waals surface area contributed by atoms with E-state index in [1.165, 1.54) is 0 Å². The van der Waals surface area contributed by atoms with Gasteiger partial charge in [-0.25, -0.2) is 4.98 Å². The number of amides is 1. The molecule has 0 saturated heterocycles. The number of hydrogen-bond donors (Lipinski definition) is 1.